The first-order valence-corrected chi connectivity index (χ1v) is 7.45. The van der Waals surface area contributed by atoms with Crippen LogP contribution in [0.5, 0.6) is 0 Å². The molecule has 1 aliphatic heterocycles. The van der Waals surface area contributed by atoms with Crippen LogP contribution in [0.15, 0.2) is 48.8 Å². The molecule has 4 nitrogen and oxygen atoms in total. The SMILES string of the molecule is Cc1cnn2ccc(N3CCCC3c3ccccc3)nc12. The third kappa shape index (κ3) is 2.07. The molecule has 1 fully saturated rings. The van der Waals surface area contributed by atoms with Crippen LogP contribution in [0.2, 0.25) is 0 Å². The third-order valence-electron chi connectivity index (χ3n) is 4.26. The fourth-order valence-corrected chi connectivity index (χ4v) is 3.20. The Hall–Kier alpha value is -2.36. The fourth-order valence-electron chi connectivity index (χ4n) is 3.20. The predicted molar refractivity (Wildman–Crippen MR) is 83.5 cm³/mol. The summed E-state index contributed by atoms with van der Waals surface area (Å²) >= 11 is 0. The van der Waals surface area contributed by atoms with Crippen LogP contribution in [0, 0.1) is 6.92 Å². The van der Waals surface area contributed by atoms with Crippen molar-refractivity contribution in [2.24, 2.45) is 0 Å². The van der Waals surface area contributed by atoms with Gasteiger partial charge in [0.15, 0.2) is 5.65 Å². The molecule has 0 N–H and O–H groups in total. The van der Waals surface area contributed by atoms with E-state index < -0.39 is 0 Å². The predicted octanol–water partition coefficient (Wildman–Crippen LogP) is 3.38. The Morgan fingerprint density at radius 1 is 1.14 bits per heavy atom. The van der Waals surface area contributed by atoms with Gasteiger partial charge in [0.1, 0.15) is 5.82 Å². The van der Waals surface area contributed by atoms with E-state index in [4.69, 9.17) is 4.98 Å². The molecular weight excluding hydrogens is 260 g/mol. The lowest BCUT2D eigenvalue weighted by Crippen LogP contribution is -2.23. The molecule has 4 rings (SSSR count). The van der Waals surface area contributed by atoms with Gasteiger partial charge in [-0.15, -0.1) is 0 Å². The van der Waals surface area contributed by atoms with Crippen molar-refractivity contribution in [2.45, 2.75) is 25.8 Å². The highest BCUT2D eigenvalue weighted by Crippen LogP contribution is 2.35. The van der Waals surface area contributed by atoms with E-state index in [0.29, 0.717) is 6.04 Å². The van der Waals surface area contributed by atoms with Crippen molar-refractivity contribution in [3.63, 3.8) is 0 Å². The maximum Gasteiger partial charge on any atom is 0.160 e. The number of hydrogen-bond acceptors (Lipinski definition) is 3. The largest absolute Gasteiger partial charge is 0.349 e. The maximum atomic E-state index is 4.82. The second kappa shape index (κ2) is 4.88. The smallest absolute Gasteiger partial charge is 0.160 e. The Bertz CT molecular complexity index is 763. The normalized spacial score (nSPS) is 18.5. The van der Waals surface area contributed by atoms with Gasteiger partial charge in [0, 0.05) is 18.3 Å². The molecule has 1 aliphatic rings. The molecule has 0 radical (unpaired) electrons. The second-order valence-electron chi connectivity index (χ2n) is 5.64. The Labute approximate surface area is 124 Å². The Kier molecular flexibility index (Phi) is 2.88. The van der Waals surface area contributed by atoms with Crippen molar-refractivity contribution < 1.29 is 0 Å². The number of aromatic nitrogens is 3. The van der Waals surface area contributed by atoms with Gasteiger partial charge in [-0.2, -0.15) is 5.10 Å². The highest BCUT2D eigenvalue weighted by Gasteiger charge is 2.27. The first-order chi connectivity index (χ1) is 10.3. The van der Waals surface area contributed by atoms with E-state index in [0.717, 1.165) is 23.6 Å². The molecule has 0 aliphatic carbocycles. The quantitative estimate of drug-likeness (QED) is 0.720. The summed E-state index contributed by atoms with van der Waals surface area (Å²) in [6.45, 7) is 3.12. The number of anilines is 1. The number of nitrogens with zero attached hydrogens (tertiary/aromatic N) is 4. The van der Waals surface area contributed by atoms with Gasteiger partial charge in [-0.1, -0.05) is 30.3 Å². The van der Waals surface area contributed by atoms with E-state index in [9.17, 15) is 0 Å². The zero-order chi connectivity index (χ0) is 14.2. The van der Waals surface area contributed by atoms with E-state index in [-0.39, 0.29) is 0 Å². The molecule has 3 aromatic rings. The van der Waals surface area contributed by atoms with Gasteiger partial charge >= 0.3 is 0 Å². The number of benzene rings is 1. The van der Waals surface area contributed by atoms with E-state index in [1.165, 1.54) is 18.4 Å². The summed E-state index contributed by atoms with van der Waals surface area (Å²) < 4.78 is 1.84. The third-order valence-corrected chi connectivity index (χ3v) is 4.26. The van der Waals surface area contributed by atoms with E-state index >= 15 is 0 Å². The summed E-state index contributed by atoms with van der Waals surface area (Å²) in [5.41, 5.74) is 3.44. The molecule has 0 bridgehead atoms. The van der Waals surface area contributed by atoms with Crippen LogP contribution < -0.4 is 4.90 Å². The fraction of sp³-hybridized carbons (Fsp3) is 0.294. The topological polar surface area (TPSA) is 33.4 Å². The van der Waals surface area contributed by atoms with E-state index in [2.05, 4.69) is 53.3 Å². The minimum absolute atomic E-state index is 0.435. The number of rotatable bonds is 2. The number of hydrogen-bond donors (Lipinski definition) is 0. The average Bonchev–Trinajstić information content (AvgIpc) is 3.15. The van der Waals surface area contributed by atoms with Crippen molar-refractivity contribution >= 4 is 11.5 Å². The first kappa shape index (κ1) is 12.4. The Morgan fingerprint density at radius 2 is 2.00 bits per heavy atom. The molecule has 3 heterocycles. The lowest BCUT2D eigenvalue weighted by Gasteiger charge is -2.26. The zero-order valence-corrected chi connectivity index (χ0v) is 12.1. The van der Waals surface area contributed by atoms with Crippen LogP contribution in [0.3, 0.4) is 0 Å². The van der Waals surface area contributed by atoms with Crippen molar-refractivity contribution in [2.75, 3.05) is 11.4 Å². The summed E-state index contributed by atoms with van der Waals surface area (Å²) in [6.07, 6.45) is 6.27. The van der Waals surface area contributed by atoms with Crippen molar-refractivity contribution in [3.8, 4) is 0 Å². The monoisotopic (exact) mass is 278 g/mol. The molecule has 4 heteroatoms. The van der Waals surface area contributed by atoms with Gasteiger partial charge in [0.05, 0.1) is 12.2 Å². The van der Waals surface area contributed by atoms with Crippen molar-refractivity contribution in [1.29, 1.82) is 0 Å². The lowest BCUT2D eigenvalue weighted by molar-refractivity contribution is 0.710. The maximum absolute atomic E-state index is 4.82. The molecule has 1 atom stereocenters. The van der Waals surface area contributed by atoms with Crippen molar-refractivity contribution in [3.05, 3.63) is 59.9 Å². The number of fused-ring (bicyclic) bond motifs is 1. The van der Waals surface area contributed by atoms with E-state index in [1.807, 2.05) is 16.9 Å². The van der Waals surface area contributed by atoms with Crippen LogP contribution >= 0.6 is 0 Å². The molecule has 1 aromatic carbocycles. The van der Waals surface area contributed by atoms with Gasteiger partial charge in [-0.3, -0.25) is 0 Å². The average molecular weight is 278 g/mol. The molecular formula is C17H18N4. The zero-order valence-electron chi connectivity index (χ0n) is 12.1. The summed E-state index contributed by atoms with van der Waals surface area (Å²) in [4.78, 5) is 7.24. The second-order valence-corrected chi connectivity index (χ2v) is 5.64. The summed E-state index contributed by atoms with van der Waals surface area (Å²) in [7, 11) is 0. The molecule has 0 amide bonds. The van der Waals surface area contributed by atoms with Crippen LogP contribution in [0.4, 0.5) is 5.82 Å². The van der Waals surface area contributed by atoms with Crippen LogP contribution in [-0.2, 0) is 0 Å². The van der Waals surface area contributed by atoms with Crippen molar-refractivity contribution in [1.82, 2.24) is 14.6 Å². The summed E-state index contributed by atoms with van der Waals surface area (Å²) in [6, 6.07) is 13.2. The standard InChI is InChI=1S/C17H18N4/c1-13-12-18-21-11-9-16(19-17(13)21)20-10-5-8-15(20)14-6-3-2-4-7-14/h2-4,6-7,9,11-12,15H,5,8,10H2,1H3. The Balaban J connectivity index is 1.74. The van der Waals surface area contributed by atoms with Gasteiger partial charge in [0.25, 0.3) is 0 Å². The summed E-state index contributed by atoms with van der Waals surface area (Å²) in [5.74, 6) is 1.05. The van der Waals surface area contributed by atoms with Crippen LogP contribution in [-0.4, -0.2) is 21.1 Å². The minimum Gasteiger partial charge on any atom is -0.349 e. The highest BCUT2D eigenvalue weighted by atomic mass is 15.3. The van der Waals surface area contributed by atoms with Crippen LogP contribution in [0.25, 0.3) is 5.65 Å². The molecule has 1 saturated heterocycles. The summed E-state index contributed by atoms with van der Waals surface area (Å²) in [5, 5.41) is 4.30. The molecule has 0 saturated carbocycles. The van der Waals surface area contributed by atoms with Gasteiger partial charge in [-0.25, -0.2) is 9.50 Å². The molecule has 106 valence electrons. The van der Waals surface area contributed by atoms with Gasteiger partial charge < -0.3 is 4.90 Å². The molecule has 2 aromatic heterocycles. The van der Waals surface area contributed by atoms with Gasteiger partial charge in [-0.05, 0) is 31.4 Å². The first-order valence-electron chi connectivity index (χ1n) is 7.45. The van der Waals surface area contributed by atoms with Gasteiger partial charge in [0.2, 0.25) is 0 Å². The number of aryl methyl sites for hydroxylation is 1. The minimum atomic E-state index is 0.435. The lowest BCUT2D eigenvalue weighted by atomic mass is 10.0. The Morgan fingerprint density at radius 3 is 2.86 bits per heavy atom. The molecule has 1 unspecified atom stereocenters. The molecule has 0 spiro atoms. The molecule has 21 heavy (non-hydrogen) atoms. The highest BCUT2D eigenvalue weighted by molar-refractivity contribution is 5.53. The van der Waals surface area contributed by atoms with Crippen LogP contribution in [0.1, 0.15) is 30.0 Å². The van der Waals surface area contributed by atoms with E-state index in [1.54, 1.807) is 0 Å².